The highest BCUT2D eigenvalue weighted by Crippen LogP contribution is 2.02. The predicted molar refractivity (Wildman–Crippen MR) is 40.9 cm³/mol. The molecule has 0 fully saturated rings. The molecule has 0 saturated heterocycles. The van der Waals surface area contributed by atoms with Crippen LogP contribution in [-0.2, 0) is 14.0 Å². The average Bonchev–Trinajstić information content (AvgIpc) is 1.90. The van der Waals surface area contributed by atoms with Crippen molar-refractivity contribution in [3.63, 3.8) is 0 Å². The van der Waals surface area contributed by atoms with Gasteiger partial charge < -0.3 is 9.47 Å². The molecule has 0 rings (SSSR count). The topological polar surface area (TPSA) is 35.5 Å². The molecule has 1 atom stereocenters. The molecule has 0 aromatic heterocycles. The molecule has 60 valence electrons. The molecule has 3 nitrogen and oxygen atoms in total. The van der Waals surface area contributed by atoms with Crippen LogP contribution in [0.4, 0.5) is 0 Å². The monoisotopic (exact) mass is 165 g/mol. The zero-order valence-corrected chi connectivity index (χ0v) is 7.42. The summed E-state index contributed by atoms with van der Waals surface area (Å²) >= 11 is 0. The smallest absolute Gasteiger partial charge is 0.330 e. The summed E-state index contributed by atoms with van der Waals surface area (Å²) in [6.07, 6.45) is 0.202. The van der Waals surface area contributed by atoms with Gasteiger partial charge in [0.15, 0.2) is 6.16 Å². The van der Waals surface area contributed by atoms with Crippen LogP contribution in [0.25, 0.3) is 0 Å². The summed E-state index contributed by atoms with van der Waals surface area (Å²) in [4.78, 5) is 0. The molecule has 0 aromatic rings. The summed E-state index contributed by atoms with van der Waals surface area (Å²) in [5.74, 6) is 0. The average molecular weight is 165 g/mol. The Morgan fingerprint density at radius 1 is 1.30 bits per heavy atom. The molecule has 1 unspecified atom stereocenters. The lowest BCUT2D eigenvalue weighted by molar-refractivity contribution is -0.120. The highest BCUT2D eigenvalue weighted by molar-refractivity contribution is 7.23. The third-order valence-corrected chi connectivity index (χ3v) is 1.46. The molecule has 0 radical (unpaired) electrons. The Morgan fingerprint density at radius 2 is 1.80 bits per heavy atom. The van der Waals surface area contributed by atoms with Gasteiger partial charge in [-0.05, 0) is 13.8 Å². The maximum atomic E-state index is 10.2. The molecule has 0 N–H and O–H groups in total. The van der Waals surface area contributed by atoms with E-state index in [-0.39, 0.29) is 14.8 Å². The van der Waals surface area contributed by atoms with Crippen LogP contribution in [0.2, 0.25) is 0 Å². The van der Waals surface area contributed by atoms with Gasteiger partial charge in [0.05, 0.1) is 0 Å². The van der Waals surface area contributed by atoms with Crippen LogP contribution in [-0.4, -0.2) is 25.7 Å². The van der Waals surface area contributed by atoms with Gasteiger partial charge in [0.2, 0.25) is 6.29 Å². The number of hydrogen-bond acceptors (Lipinski definition) is 3. The Labute approximate surface area is 62.9 Å². The molecule has 0 aromatic carbocycles. The van der Waals surface area contributed by atoms with Crippen molar-refractivity contribution < 1.29 is 14.0 Å². The van der Waals surface area contributed by atoms with Crippen LogP contribution in [0.1, 0.15) is 13.8 Å². The molecule has 0 saturated carbocycles. The van der Waals surface area contributed by atoms with Gasteiger partial charge in [-0.25, -0.2) is 0 Å². The first kappa shape index (κ1) is 10.0. The third kappa shape index (κ3) is 4.86. The maximum absolute atomic E-state index is 10.2. The molecule has 0 spiro atoms. The lowest BCUT2D eigenvalue weighted by atomic mass is 10.7. The van der Waals surface area contributed by atoms with Gasteiger partial charge in [-0.1, -0.05) is 4.57 Å². The van der Waals surface area contributed by atoms with E-state index in [0.29, 0.717) is 19.4 Å². The zero-order chi connectivity index (χ0) is 7.82. The number of hydrogen-bond donors (Lipinski definition) is 0. The van der Waals surface area contributed by atoms with E-state index in [4.69, 9.17) is 9.47 Å². The molecule has 0 aliphatic carbocycles. The van der Waals surface area contributed by atoms with E-state index in [0.717, 1.165) is 0 Å². The fourth-order valence-electron chi connectivity index (χ4n) is 0.606. The molecule has 4 heteroatoms. The normalized spacial score (nSPS) is 11.1. The molecule has 0 bridgehead atoms. The fraction of sp³-hybridized carbons (Fsp3) is 1.00. The zero-order valence-electron chi connectivity index (χ0n) is 6.42. The van der Waals surface area contributed by atoms with Crippen LogP contribution in [0, 0.1) is 0 Å². The van der Waals surface area contributed by atoms with E-state index >= 15 is 0 Å². The van der Waals surface area contributed by atoms with Gasteiger partial charge in [-0.3, -0.25) is 0 Å². The molecular weight excluding hydrogens is 151 g/mol. The second-order valence-electron chi connectivity index (χ2n) is 1.69. The first-order valence-corrected chi connectivity index (χ1v) is 4.54. The second kappa shape index (κ2) is 7.13. The first-order valence-electron chi connectivity index (χ1n) is 3.43. The summed E-state index contributed by atoms with van der Waals surface area (Å²) in [5.41, 5.74) is 0. The van der Waals surface area contributed by atoms with Crippen molar-refractivity contribution in [2.24, 2.45) is 0 Å². The van der Waals surface area contributed by atoms with Crippen molar-refractivity contribution in [1.82, 2.24) is 0 Å². The molecule has 0 heterocycles. The van der Waals surface area contributed by atoms with Gasteiger partial charge in [0.1, 0.15) is 0 Å². The Bertz CT molecular complexity index is 81.1. The van der Waals surface area contributed by atoms with Gasteiger partial charge in [0.25, 0.3) is 0 Å². The SMILES string of the molecule is CCOC(C[PH+]=O)OCC. The quantitative estimate of drug-likeness (QED) is 0.441. The highest BCUT2D eigenvalue weighted by Gasteiger charge is 2.10. The minimum atomic E-state index is -0.342. The van der Waals surface area contributed by atoms with Crippen molar-refractivity contribution in [1.29, 1.82) is 0 Å². The summed E-state index contributed by atoms with van der Waals surface area (Å²) in [6, 6.07) is 0. The first-order chi connectivity index (χ1) is 4.85. The van der Waals surface area contributed by atoms with Crippen LogP contribution < -0.4 is 0 Å². The van der Waals surface area contributed by atoms with E-state index < -0.39 is 0 Å². The van der Waals surface area contributed by atoms with E-state index in [1.165, 1.54) is 0 Å². The Morgan fingerprint density at radius 3 is 2.10 bits per heavy atom. The van der Waals surface area contributed by atoms with Crippen LogP contribution in [0.15, 0.2) is 0 Å². The molecule has 0 amide bonds. The van der Waals surface area contributed by atoms with E-state index in [1.54, 1.807) is 0 Å². The third-order valence-electron chi connectivity index (χ3n) is 0.955. The Hall–Kier alpha value is 0.0200. The van der Waals surface area contributed by atoms with E-state index in [2.05, 4.69) is 0 Å². The van der Waals surface area contributed by atoms with Crippen molar-refractivity contribution in [3.8, 4) is 0 Å². The van der Waals surface area contributed by atoms with Crippen LogP contribution >= 0.6 is 8.46 Å². The van der Waals surface area contributed by atoms with Crippen molar-refractivity contribution >= 4 is 8.46 Å². The summed E-state index contributed by atoms with van der Waals surface area (Å²) in [6.45, 7) is 4.99. The predicted octanol–water partition coefficient (Wildman–Crippen LogP) is 1.41. The second-order valence-corrected chi connectivity index (χ2v) is 2.39. The van der Waals surface area contributed by atoms with Crippen LogP contribution in [0.5, 0.6) is 0 Å². The standard InChI is InChI=1S/C6H13O3P/c1-3-8-6(5-10-7)9-4-2/h6H,3-5H2,1-2H3/p+1. The number of ether oxygens (including phenoxy) is 2. The fourth-order valence-corrected chi connectivity index (χ4v) is 0.978. The Balaban J connectivity index is 3.38. The Kier molecular flexibility index (Phi) is 7.15. The molecular formula is C6H14O3P+. The summed E-state index contributed by atoms with van der Waals surface area (Å²) in [5, 5.41) is 0. The van der Waals surface area contributed by atoms with Crippen LogP contribution in [0.3, 0.4) is 0 Å². The lowest BCUT2D eigenvalue weighted by Gasteiger charge is -2.09. The van der Waals surface area contributed by atoms with Crippen molar-refractivity contribution in [3.05, 3.63) is 0 Å². The van der Waals surface area contributed by atoms with Crippen molar-refractivity contribution in [2.45, 2.75) is 20.1 Å². The minimum Gasteiger partial charge on any atom is -0.349 e. The van der Waals surface area contributed by atoms with E-state index in [1.807, 2.05) is 13.8 Å². The summed E-state index contributed by atoms with van der Waals surface area (Å²) < 4.78 is 20.4. The number of rotatable bonds is 6. The lowest BCUT2D eigenvalue weighted by Crippen LogP contribution is -2.18. The molecule has 0 aliphatic rings. The van der Waals surface area contributed by atoms with Gasteiger partial charge in [0, 0.05) is 13.2 Å². The highest BCUT2D eigenvalue weighted by atomic mass is 31.1. The largest absolute Gasteiger partial charge is 0.349 e. The van der Waals surface area contributed by atoms with Gasteiger partial charge in [-0.2, -0.15) is 0 Å². The molecule has 0 aliphatic heterocycles. The summed E-state index contributed by atoms with van der Waals surface area (Å²) in [7, 11) is -0.342. The van der Waals surface area contributed by atoms with Gasteiger partial charge in [-0.15, -0.1) is 0 Å². The molecule has 10 heavy (non-hydrogen) atoms. The maximum Gasteiger partial charge on any atom is 0.330 e. The van der Waals surface area contributed by atoms with Gasteiger partial charge >= 0.3 is 8.46 Å². The van der Waals surface area contributed by atoms with Crippen molar-refractivity contribution in [2.75, 3.05) is 19.4 Å². The minimum absolute atomic E-state index is 0.272. The van der Waals surface area contributed by atoms with E-state index in [9.17, 15) is 4.57 Å².